The summed E-state index contributed by atoms with van der Waals surface area (Å²) in [5.41, 5.74) is 0. The summed E-state index contributed by atoms with van der Waals surface area (Å²) in [4.78, 5) is 0. The Morgan fingerprint density at radius 2 is 1.69 bits per heavy atom. The van der Waals surface area contributed by atoms with E-state index < -0.39 is 0 Å². The van der Waals surface area contributed by atoms with E-state index in [1.165, 1.54) is 32.1 Å². The van der Waals surface area contributed by atoms with Gasteiger partial charge in [-0.05, 0) is 30.1 Å². The molecular weight excluding hydrogens is 156 g/mol. The Morgan fingerprint density at radius 1 is 1.08 bits per heavy atom. The molecule has 1 aliphatic rings. The molecule has 78 valence electrons. The fourth-order valence-corrected chi connectivity index (χ4v) is 2.63. The Labute approximate surface area is 84.1 Å². The molecule has 1 aliphatic carbocycles. The van der Waals surface area contributed by atoms with Crippen LogP contribution in [0, 0.1) is 23.7 Å². The first kappa shape index (κ1) is 11.1. The quantitative estimate of drug-likeness (QED) is 0.567. The number of hydrogen-bond donors (Lipinski definition) is 0. The minimum absolute atomic E-state index is 0.967. The van der Waals surface area contributed by atoms with Crippen molar-refractivity contribution < 1.29 is 0 Å². The van der Waals surface area contributed by atoms with Crippen molar-refractivity contribution in [2.45, 2.75) is 59.8 Å². The van der Waals surface area contributed by atoms with Gasteiger partial charge in [-0.1, -0.05) is 53.4 Å². The molecule has 0 N–H and O–H groups in total. The van der Waals surface area contributed by atoms with Gasteiger partial charge in [0.1, 0.15) is 0 Å². The van der Waals surface area contributed by atoms with E-state index in [0.717, 1.165) is 23.7 Å². The van der Waals surface area contributed by atoms with Gasteiger partial charge < -0.3 is 0 Å². The van der Waals surface area contributed by atoms with Crippen LogP contribution >= 0.6 is 0 Å². The normalized spacial score (nSPS) is 34.6. The molecule has 0 bridgehead atoms. The zero-order valence-corrected chi connectivity index (χ0v) is 9.84. The zero-order chi connectivity index (χ0) is 9.84. The maximum absolute atomic E-state index is 2.41. The van der Waals surface area contributed by atoms with Crippen LogP contribution in [0.3, 0.4) is 0 Å². The van der Waals surface area contributed by atoms with Crippen LogP contribution in [-0.2, 0) is 0 Å². The van der Waals surface area contributed by atoms with Gasteiger partial charge in [0.25, 0.3) is 0 Å². The van der Waals surface area contributed by atoms with Crippen LogP contribution in [0.2, 0.25) is 0 Å². The Kier molecular flexibility index (Phi) is 4.28. The summed E-state index contributed by atoms with van der Waals surface area (Å²) in [5, 5.41) is 0. The first-order valence-electron chi connectivity index (χ1n) is 6.16. The summed E-state index contributed by atoms with van der Waals surface area (Å²) in [7, 11) is 0. The molecule has 0 heteroatoms. The first-order chi connectivity index (χ1) is 6.16. The largest absolute Gasteiger partial charge is 0.0654 e. The minimum Gasteiger partial charge on any atom is -0.0654 e. The van der Waals surface area contributed by atoms with Crippen molar-refractivity contribution in [2.24, 2.45) is 23.7 Å². The standard InChI is InChI=1S/C13H26/c1-5-7-10(2)8-6-9-13-11(3)12(13)4/h10-13H,5-9H2,1-4H3. The van der Waals surface area contributed by atoms with Crippen molar-refractivity contribution in [3.05, 3.63) is 0 Å². The molecule has 3 atom stereocenters. The van der Waals surface area contributed by atoms with Crippen LogP contribution in [0.1, 0.15) is 59.8 Å². The van der Waals surface area contributed by atoms with Gasteiger partial charge in [0.05, 0.1) is 0 Å². The number of hydrogen-bond acceptors (Lipinski definition) is 0. The minimum atomic E-state index is 0.967. The molecule has 3 unspecified atom stereocenters. The summed E-state index contributed by atoms with van der Waals surface area (Å²) in [5.74, 6) is 4.10. The van der Waals surface area contributed by atoms with Gasteiger partial charge in [-0.15, -0.1) is 0 Å². The van der Waals surface area contributed by atoms with E-state index in [9.17, 15) is 0 Å². The molecule has 0 aromatic heterocycles. The third-order valence-electron chi connectivity index (χ3n) is 4.06. The predicted molar refractivity (Wildman–Crippen MR) is 59.7 cm³/mol. The Morgan fingerprint density at radius 3 is 2.15 bits per heavy atom. The molecule has 13 heavy (non-hydrogen) atoms. The second kappa shape index (κ2) is 5.02. The van der Waals surface area contributed by atoms with Gasteiger partial charge >= 0.3 is 0 Å². The van der Waals surface area contributed by atoms with Crippen LogP contribution in [0.25, 0.3) is 0 Å². The summed E-state index contributed by atoms with van der Waals surface area (Å²) in [6, 6.07) is 0. The van der Waals surface area contributed by atoms with Crippen LogP contribution in [0.5, 0.6) is 0 Å². The lowest BCUT2D eigenvalue weighted by molar-refractivity contribution is 0.446. The van der Waals surface area contributed by atoms with E-state index in [0.29, 0.717) is 0 Å². The van der Waals surface area contributed by atoms with Crippen LogP contribution < -0.4 is 0 Å². The average Bonchev–Trinajstić information content (AvgIpc) is 2.63. The molecule has 0 aromatic carbocycles. The Hall–Kier alpha value is 0. The summed E-state index contributed by atoms with van der Waals surface area (Å²) in [6.45, 7) is 9.51. The molecule has 0 heterocycles. The third kappa shape index (κ3) is 3.32. The molecule has 1 fully saturated rings. The summed E-state index contributed by atoms with van der Waals surface area (Å²) < 4.78 is 0. The first-order valence-corrected chi connectivity index (χ1v) is 6.16. The highest BCUT2D eigenvalue weighted by Crippen LogP contribution is 2.48. The highest BCUT2D eigenvalue weighted by atomic mass is 14.5. The maximum Gasteiger partial charge on any atom is -0.0357 e. The van der Waals surface area contributed by atoms with E-state index in [2.05, 4.69) is 27.7 Å². The average molecular weight is 182 g/mol. The van der Waals surface area contributed by atoms with Gasteiger partial charge in [0, 0.05) is 0 Å². The van der Waals surface area contributed by atoms with Gasteiger partial charge in [0.15, 0.2) is 0 Å². The van der Waals surface area contributed by atoms with Crippen molar-refractivity contribution in [1.82, 2.24) is 0 Å². The molecule has 0 aliphatic heterocycles. The SMILES string of the molecule is CCCC(C)CCCC1C(C)C1C. The lowest BCUT2D eigenvalue weighted by atomic mass is 9.98. The van der Waals surface area contributed by atoms with E-state index in [1.807, 2.05) is 0 Å². The van der Waals surface area contributed by atoms with E-state index in [1.54, 1.807) is 0 Å². The highest BCUT2D eigenvalue weighted by Gasteiger charge is 2.41. The molecule has 0 spiro atoms. The van der Waals surface area contributed by atoms with E-state index in [-0.39, 0.29) is 0 Å². The summed E-state index contributed by atoms with van der Waals surface area (Å²) >= 11 is 0. The molecule has 0 saturated heterocycles. The van der Waals surface area contributed by atoms with Gasteiger partial charge in [0.2, 0.25) is 0 Å². The van der Waals surface area contributed by atoms with Gasteiger partial charge in [-0.3, -0.25) is 0 Å². The Balaban J connectivity index is 1.95. The highest BCUT2D eigenvalue weighted by molar-refractivity contribution is 4.90. The number of rotatable bonds is 6. The molecular formula is C13H26. The summed E-state index contributed by atoms with van der Waals surface area (Å²) in [6.07, 6.45) is 7.22. The van der Waals surface area contributed by atoms with Crippen LogP contribution in [0.15, 0.2) is 0 Å². The lowest BCUT2D eigenvalue weighted by Gasteiger charge is -2.08. The Bertz CT molecular complexity index is 131. The second-order valence-electron chi connectivity index (χ2n) is 5.21. The van der Waals surface area contributed by atoms with Crippen molar-refractivity contribution in [1.29, 1.82) is 0 Å². The van der Waals surface area contributed by atoms with E-state index in [4.69, 9.17) is 0 Å². The van der Waals surface area contributed by atoms with Gasteiger partial charge in [-0.25, -0.2) is 0 Å². The smallest absolute Gasteiger partial charge is 0.0357 e. The van der Waals surface area contributed by atoms with E-state index >= 15 is 0 Å². The molecule has 0 radical (unpaired) electrons. The molecule has 1 saturated carbocycles. The molecule has 0 aromatic rings. The lowest BCUT2D eigenvalue weighted by Crippen LogP contribution is -1.94. The monoisotopic (exact) mass is 182 g/mol. The van der Waals surface area contributed by atoms with Crippen molar-refractivity contribution >= 4 is 0 Å². The zero-order valence-electron chi connectivity index (χ0n) is 9.84. The van der Waals surface area contributed by atoms with Crippen molar-refractivity contribution in [3.8, 4) is 0 Å². The molecule has 0 nitrogen and oxygen atoms in total. The van der Waals surface area contributed by atoms with Crippen LogP contribution in [0.4, 0.5) is 0 Å². The fraction of sp³-hybridized carbons (Fsp3) is 1.00. The van der Waals surface area contributed by atoms with Crippen LogP contribution in [-0.4, -0.2) is 0 Å². The maximum atomic E-state index is 2.41. The molecule has 0 amide bonds. The van der Waals surface area contributed by atoms with Crippen molar-refractivity contribution in [2.75, 3.05) is 0 Å². The van der Waals surface area contributed by atoms with Crippen molar-refractivity contribution in [3.63, 3.8) is 0 Å². The molecule has 1 rings (SSSR count). The topological polar surface area (TPSA) is 0 Å². The predicted octanol–water partition coefficient (Wildman–Crippen LogP) is 4.49. The fourth-order valence-electron chi connectivity index (χ4n) is 2.63. The third-order valence-corrected chi connectivity index (χ3v) is 4.06. The van der Waals surface area contributed by atoms with Gasteiger partial charge in [-0.2, -0.15) is 0 Å². The second-order valence-corrected chi connectivity index (χ2v) is 5.21.